The predicted octanol–water partition coefficient (Wildman–Crippen LogP) is 1.03. The van der Waals surface area contributed by atoms with Gasteiger partial charge in [0, 0.05) is 0 Å². The first-order valence-electron chi connectivity index (χ1n) is 6.86. The Morgan fingerprint density at radius 1 is 1.45 bits per heavy atom. The summed E-state index contributed by atoms with van der Waals surface area (Å²) in [6, 6.07) is 4.29. The maximum Gasteiger partial charge on any atom is 0.338 e. The van der Waals surface area contributed by atoms with E-state index in [4.69, 9.17) is 17.0 Å². The summed E-state index contributed by atoms with van der Waals surface area (Å²) in [6.45, 7) is 3.42. The van der Waals surface area contributed by atoms with Gasteiger partial charge in [0.2, 0.25) is 0 Å². The standard InChI is InChI=1S/C15H18N2O4S/c1-3-21-14(20)12-11(7-18)16-15(22)17-13(12)10-6-9(19)5-4-8(10)2/h4-6,13,18-19H,3,7H2,1-2H3,(H2,16,17,22). The predicted molar refractivity (Wildman–Crippen MR) is 85.2 cm³/mol. The van der Waals surface area contributed by atoms with Crippen LogP contribution in [0.15, 0.2) is 29.5 Å². The molecule has 1 aromatic rings. The van der Waals surface area contributed by atoms with Crippen LogP contribution in [0.5, 0.6) is 5.75 Å². The van der Waals surface area contributed by atoms with Gasteiger partial charge in [0.1, 0.15) is 5.75 Å². The molecule has 2 rings (SSSR count). The van der Waals surface area contributed by atoms with E-state index in [2.05, 4.69) is 10.6 Å². The van der Waals surface area contributed by atoms with E-state index in [0.717, 1.165) is 5.56 Å². The van der Waals surface area contributed by atoms with Crippen molar-refractivity contribution in [1.29, 1.82) is 0 Å². The van der Waals surface area contributed by atoms with Crippen molar-refractivity contribution in [2.75, 3.05) is 13.2 Å². The highest BCUT2D eigenvalue weighted by atomic mass is 32.1. The van der Waals surface area contributed by atoms with Gasteiger partial charge in [0.15, 0.2) is 5.11 Å². The highest BCUT2D eigenvalue weighted by Gasteiger charge is 2.33. The third kappa shape index (κ3) is 3.20. The molecule has 6 nitrogen and oxygen atoms in total. The Kier molecular flexibility index (Phi) is 4.99. The van der Waals surface area contributed by atoms with Gasteiger partial charge in [-0.1, -0.05) is 6.07 Å². The zero-order chi connectivity index (χ0) is 16.3. The van der Waals surface area contributed by atoms with Gasteiger partial charge in [0.05, 0.1) is 30.5 Å². The van der Waals surface area contributed by atoms with Crippen LogP contribution < -0.4 is 10.6 Å². The molecule has 4 N–H and O–H groups in total. The minimum atomic E-state index is -0.595. The Labute approximate surface area is 133 Å². The van der Waals surface area contributed by atoms with Crippen molar-refractivity contribution in [2.24, 2.45) is 0 Å². The number of phenols is 1. The molecular weight excluding hydrogens is 304 g/mol. The molecule has 118 valence electrons. The minimum absolute atomic E-state index is 0.0839. The molecule has 0 amide bonds. The van der Waals surface area contributed by atoms with Gasteiger partial charge in [-0.2, -0.15) is 0 Å². The Morgan fingerprint density at radius 2 is 2.18 bits per heavy atom. The lowest BCUT2D eigenvalue weighted by Crippen LogP contribution is -2.46. The van der Waals surface area contributed by atoms with E-state index in [0.29, 0.717) is 16.4 Å². The number of hydrogen-bond donors (Lipinski definition) is 4. The molecule has 0 spiro atoms. The van der Waals surface area contributed by atoms with Crippen molar-refractivity contribution in [1.82, 2.24) is 10.6 Å². The molecule has 0 bridgehead atoms. The monoisotopic (exact) mass is 322 g/mol. The van der Waals surface area contributed by atoms with Crippen LogP contribution in [-0.4, -0.2) is 34.5 Å². The number of phenolic OH excluding ortho intramolecular Hbond substituents is 1. The topological polar surface area (TPSA) is 90.8 Å². The Hall–Kier alpha value is -2.12. The fraction of sp³-hybridized carbons (Fsp3) is 0.333. The second kappa shape index (κ2) is 6.76. The fourth-order valence-electron chi connectivity index (χ4n) is 2.36. The van der Waals surface area contributed by atoms with E-state index in [1.54, 1.807) is 25.1 Å². The van der Waals surface area contributed by atoms with E-state index in [1.165, 1.54) is 0 Å². The number of rotatable bonds is 4. The van der Waals surface area contributed by atoms with Gasteiger partial charge in [-0.05, 0) is 49.3 Å². The van der Waals surface area contributed by atoms with Crippen molar-refractivity contribution in [3.8, 4) is 5.75 Å². The lowest BCUT2D eigenvalue weighted by atomic mass is 9.92. The lowest BCUT2D eigenvalue weighted by molar-refractivity contribution is -0.139. The van der Waals surface area contributed by atoms with Gasteiger partial charge in [-0.15, -0.1) is 0 Å². The first-order chi connectivity index (χ1) is 10.5. The molecule has 22 heavy (non-hydrogen) atoms. The van der Waals surface area contributed by atoms with Crippen molar-refractivity contribution in [3.63, 3.8) is 0 Å². The number of hydrogen-bond acceptors (Lipinski definition) is 5. The molecule has 1 heterocycles. The van der Waals surface area contributed by atoms with E-state index in [-0.39, 0.29) is 24.5 Å². The second-order valence-corrected chi connectivity index (χ2v) is 5.25. The number of carbonyl (C=O) groups is 1. The number of aromatic hydroxyl groups is 1. The van der Waals surface area contributed by atoms with E-state index >= 15 is 0 Å². The summed E-state index contributed by atoms with van der Waals surface area (Å²) in [7, 11) is 0. The quantitative estimate of drug-likeness (QED) is 0.486. The number of benzene rings is 1. The Morgan fingerprint density at radius 3 is 2.82 bits per heavy atom. The van der Waals surface area contributed by atoms with Gasteiger partial charge in [0.25, 0.3) is 0 Å². The molecular formula is C15H18N2O4S. The summed E-state index contributed by atoms with van der Waals surface area (Å²) in [5.74, 6) is -0.456. The maximum absolute atomic E-state index is 12.3. The first-order valence-corrected chi connectivity index (χ1v) is 7.26. The average Bonchev–Trinajstić information content (AvgIpc) is 2.48. The largest absolute Gasteiger partial charge is 0.508 e. The number of ether oxygens (including phenoxy) is 1. The van der Waals surface area contributed by atoms with Crippen LogP contribution in [0.2, 0.25) is 0 Å². The van der Waals surface area contributed by atoms with Crippen molar-refractivity contribution in [3.05, 3.63) is 40.6 Å². The molecule has 0 fully saturated rings. The smallest absolute Gasteiger partial charge is 0.338 e. The summed E-state index contributed by atoms with van der Waals surface area (Å²) < 4.78 is 5.08. The molecule has 1 atom stereocenters. The van der Waals surface area contributed by atoms with Gasteiger partial charge >= 0.3 is 5.97 Å². The number of aliphatic hydroxyl groups is 1. The Balaban J connectivity index is 2.56. The first kappa shape index (κ1) is 16.3. The molecule has 0 radical (unpaired) electrons. The summed E-state index contributed by atoms with van der Waals surface area (Å²) in [4.78, 5) is 12.3. The van der Waals surface area contributed by atoms with Crippen LogP contribution >= 0.6 is 12.2 Å². The maximum atomic E-state index is 12.3. The average molecular weight is 322 g/mol. The number of carbonyl (C=O) groups excluding carboxylic acids is 1. The Bertz CT molecular complexity index is 642. The number of esters is 1. The minimum Gasteiger partial charge on any atom is -0.508 e. The molecule has 0 aromatic heterocycles. The van der Waals surface area contributed by atoms with E-state index in [1.807, 2.05) is 6.92 Å². The summed E-state index contributed by atoms with van der Waals surface area (Å²) >= 11 is 5.12. The molecule has 0 saturated heterocycles. The second-order valence-electron chi connectivity index (χ2n) is 4.84. The van der Waals surface area contributed by atoms with Crippen LogP contribution in [0.1, 0.15) is 24.1 Å². The van der Waals surface area contributed by atoms with Crippen LogP contribution in [0, 0.1) is 6.92 Å². The molecule has 1 aliphatic rings. The number of thiocarbonyl (C=S) groups is 1. The van der Waals surface area contributed by atoms with Crippen LogP contribution in [0.4, 0.5) is 0 Å². The summed E-state index contributed by atoms with van der Waals surface area (Å²) in [5.41, 5.74) is 2.12. The number of aryl methyl sites for hydroxylation is 1. The van der Waals surface area contributed by atoms with Crippen LogP contribution in [0.3, 0.4) is 0 Å². The normalized spacial score (nSPS) is 17.8. The molecule has 1 aromatic carbocycles. The molecule has 7 heteroatoms. The van der Waals surface area contributed by atoms with Crippen molar-refractivity contribution in [2.45, 2.75) is 19.9 Å². The van der Waals surface area contributed by atoms with Gasteiger partial charge < -0.3 is 25.6 Å². The molecule has 0 saturated carbocycles. The highest BCUT2D eigenvalue weighted by molar-refractivity contribution is 7.80. The number of nitrogens with one attached hydrogen (secondary N) is 2. The number of aliphatic hydroxyl groups excluding tert-OH is 1. The van der Waals surface area contributed by atoms with Crippen molar-refractivity contribution >= 4 is 23.3 Å². The lowest BCUT2D eigenvalue weighted by Gasteiger charge is -2.31. The third-order valence-corrected chi connectivity index (χ3v) is 3.60. The molecule has 1 aliphatic heterocycles. The van der Waals surface area contributed by atoms with E-state index < -0.39 is 12.0 Å². The van der Waals surface area contributed by atoms with Gasteiger partial charge in [-0.3, -0.25) is 0 Å². The van der Waals surface area contributed by atoms with Crippen LogP contribution in [0.25, 0.3) is 0 Å². The zero-order valence-corrected chi connectivity index (χ0v) is 13.2. The summed E-state index contributed by atoms with van der Waals surface area (Å²) in [6.07, 6.45) is 0. The zero-order valence-electron chi connectivity index (χ0n) is 12.3. The fourth-order valence-corrected chi connectivity index (χ4v) is 2.61. The molecule has 0 aliphatic carbocycles. The highest BCUT2D eigenvalue weighted by Crippen LogP contribution is 2.31. The third-order valence-electron chi connectivity index (χ3n) is 3.38. The van der Waals surface area contributed by atoms with Crippen LogP contribution in [-0.2, 0) is 9.53 Å². The van der Waals surface area contributed by atoms with Gasteiger partial charge in [-0.25, -0.2) is 4.79 Å². The van der Waals surface area contributed by atoms with Crippen molar-refractivity contribution < 1.29 is 19.7 Å². The SMILES string of the molecule is CCOC(=O)C1=C(CO)NC(=S)NC1c1cc(O)ccc1C. The summed E-state index contributed by atoms with van der Waals surface area (Å²) in [5, 5.41) is 25.3. The molecule has 1 unspecified atom stereocenters. The van der Waals surface area contributed by atoms with E-state index in [9.17, 15) is 15.0 Å².